The lowest BCUT2D eigenvalue weighted by Gasteiger charge is -2.24. The van der Waals surface area contributed by atoms with E-state index >= 15 is 0 Å². The van der Waals surface area contributed by atoms with E-state index in [9.17, 15) is 0 Å². The van der Waals surface area contributed by atoms with Crippen molar-refractivity contribution in [3.8, 4) is 0 Å². The summed E-state index contributed by atoms with van der Waals surface area (Å²) in [5.74, 6) is 0. The first-order chi connectivity index (χ1) is 15.9. The summed E-state index contributed by atoms with van der Waals surface area (Å²) in [5.41, 5.74) is 5.08. The van der Waals surface area contributed by atoms with E-state index in [1.807, 2.05) is 0 Å². The third kappa shape index (κ3) is 6.44. The second-order valence-electron chi connectivity index (χ2n) is 7.89. The Morgan fingerprint density at radius 3 is 1.25 bits per heavy atom. The van der Waals surface area contributed by atoms with Crippen molar-refractivity contribution < 1.29 is 0 Å². The summed E-state index contributed by atoms with van der Waals surface area (Å²) in [6, 6.07) is 42.6. The molecule has 0 heterocycles. The van der Waals surface area contributed by atoms with Gasteiger partial charge in [0.15, 0.2) is 0 Å². The van der Waals surface area contributed by atoms with Crippen LogP contribution < -0.4 is 4.90 Å². The number of para-hydroxylation sites is 2. The molecule has 0 aliphatic rings. The lowest BCUT2D eigenvalue weighted by molar-refractivity contribution is 0.286. The van der Waals surface area contributed by atoms with Crippen molar-refractivity contribution in [1.82, 2.24) is 4.90 Å². The fraction of sp³-hybridized carbons (Fsp3) is 0.133. The standard InChI is InChI=1S/C30H30N2/c1-5-15-27(16-6-1)25-31(26-28-17-7-2-8-18-28)23-13-14-24-32(29-19-9-3-10-20-29)30-21-11-4-12-22-30/h1-22H,23-26H2. The Labute approximate surface area is 192 Å². The van der Waals surface area contributed by atoms with Gasteiger partial charge in [-0.3, -0.25) is 4.90 Å². The molecular formula is C30H30N2. The maximum atomic E-state index is 2.48. The van der Waals surface area contributed by atoms with Crippen molar-refractivity contribution in [1.29, 1.82) is 0 Å². The summed E-state index contributed by atoms with van der Waals surface area (Å²) in [4.78, 5) is 4.83. The van der Waals surface area contributed by atoms with E-state index in [4.69, 9.17) is 0 Å². The molecule has 0 amide bonds. The van der Waals surface area contributed by atoms with Crippen LogP contribution in [0, 0.1) is 0 Å². The second kappa shape index (κ2) is 11.7. The molecule has 4 aromatic rings. The third-order valence-corrected chi connectivity index (χ3v) is 5.45. The minimum Gasteiger partial charge on any atom is -0.338 e. The Bertz CT molecular complexity index is 980. The van der Waals surface area contributed by atoms with E-state index < -0.39 is 0 Å². The topological polar surface area (TPSA) is 6.48 Å². The lowest BCUT2D eigenvalue weighted by atomic mass is 10.1. The second-order valence-corrected chi connectivity index (χ2v) is 7.89. The summed E-state index contributed by atoms with van der Waals surface area (Å²) in [6.45, 7) is 3.60. The van der Waals surface area contributed by atoms with Crippen molar-refractivity contribution in [2.45, 2.75) is 13.1 Å². The van der Waals surface area contributed by atoms with E-state index in [-0.39, 0.29) is 0 Å². The van der Waals surface area contributed by atoms with Crippen LogP contribution in [0.5, 0.6) is 0 Å². The molecule has 0 N–H and O–H groups in total. The summed E-state index contributed by atoms with van der Waals surface area (Å²) < 4.78 is 0. The zero-order valence-electron chi connectivity index (χ0n) is 18.4. The average molecular weight is 419 g/mol. The molecule has 32 heavy (non-hydrogen) atoms. The number of rotatable bonds is 10. The van der Waals surface area contributed by atoms with Gasteiger partial charge in [-0.1, -0.05) is 109 Å². The molecule has 4 aromatic carbocycles. The summed E-state index contributed by atoms with van der Waals surface area (Å²) in [5, 5.41) is 0. The van der Waals surface area contributed by atoms with Gasteiger partial charge in [0.25, 0.3) is 0 Å². The Morgan fingerprint density at radius 1 is 0.438 bits per heavy atom. The number of hydrogen-bond donors (Lipinski definition) is 0. The summed E-state index contributed by atoms with van der Waals surface area (Å²) in [6.07, 6.45) is 4.58. The molecule has 0 saturated carbocycles. The van der Waals surface area contributed by atoms with Crippen LogP contribution in [-0.4, -0.2) is 18.0 Å². The molecule has 0 atom stereocenters. The van der Waals surface area contributed by atoms with Gasteiger partial charge in [0.1, 0.15) is 0 Å². The molecule has 0 aliphatic carbocycles. The Kier molecular flexibility index (Phi) is 7.89. The van der Waals surface area contributed by atoms with Crippen LogP contribution in [0.3, 0.4) is 0 Å². The van der Waals surface area contributed by atoms with Gasteiger partial charge in [0, 0.05) is 37.6 Å². The molecule has 0 aromatic heterocycles. The first kappa shape index (κ1) is 21.6. The molecule has 0 fully saturated rings. The summed E-state index contributed by atoms with van der Waals surface area (Å²) in [7, 11) is 0. The Hall–Kier alpha value is -3.62. The van der Waals surface area contributed by atoms with E-state index in [2.05, 4.69) is 143 Å². The van der Waals surface area contributed by atoms with Crippen LogP contribution in [0.25, 0.3) is 0 Å². The van der Waals surface area contributed by atoms with Crippen molar-refractivity contribution in [3.05, 3.63) is 145 Å². The fourth-order valence-corrected chi connectivity index (χ4v) is 3.85. The van der Waals surface area contributed by atoms with Gasteiger partial charge in [-0.15, -0.1) is 0 Å². The van der Waals surface area contributed by atoms with Crippen molar-refractivity contribution in [2.75, 3.05) is 18.0 Å². The number of anilines is 2. The van der Waals surface area contributed by atoms with Gasteiger partial charge in [-0.2, -0.15) is 0 Å². The fourth-order valence-electron chi connectivity index (χ4n) is 3.85. The molecule has 2 heteroatoms. The van der Waals surface area contributed by atoms with Gasteiger partial charge in [0.2, 0.25) is 0 Å². The maximum absolute atomic E-state index is 2.48. The average Bonchev–Trinajstić information content (AvgIpc) is 2.86. The van der Waals surface area contributed by atoms with Crippen LogP contribution in [-0.2, 0) is 13.1 Å². The highest BCUT2D eigenvalue weighted by Crippen LogP contribution is 2.24. The molecule has 0 spiro atoms. The smallest absolute Gasteiger partial charge is 0.0413 e. The largest absolute Gasteiger partial charge is 0.338 e. The van der Waals surface area contributed by atoms with Crippen LogP contribution >= 0.6 is 0 Å². The molecule has 0 saturated heterocycles. The van der Waals surface area contributed by atoms with E-state index in [1.54, 1.807) is 0 Å². The van der Waals surface area contributed by atoms with Gasteiger partial charge >= 0.3 is 0 Å². The highest BCUT2D eigenvalue weighted by Gasteiger charge is 2.08. The molecule has 160 valence electrons. The molecule has 0 bridgehead atoms. The number of benzene rings is 4. The summed E-state index contributed by atoms with van der Waals surface area (Å²) >= 11 is 0. The quantitative estimate of drug-likeness (QED) is 0.254. The van der Waals surface area contributed by atoms with E-state index in [1.165, 1.54) is 22.5 Å². The molecule has 0 aliphatic heterocycles. The molecule has 2 nitrogen and oxygen atoms in total. The Morgan fingerprint density at radius 2 is 0.812 bits per heavy atom. The third-order valence-electron chi connectivity index (χ3n) is 5.45. The van der Waals surface area contributed by atoms with E-state index in [0.717, 1.165) is 26.2 Å². The van der Waals surface area contributed by atoms with Crippen LogP contribution in [0.4, 0.5) is 11.4 Å². The minimum absolute atomic E-state index is 0.832. The van der Waals surface area contributed by atoms with Crippen LogP contribution in [0.1, 0.15) is 11.1 Å². The zero-order valence-corrected chi connectivity index (χ0v) is 18.4. The van der Waals surface area contributed by atoms with Crippen molar-refractivity contribution in [3.63, 3.8) is 0 Å². The highest BCUT2D eigenvalue weighted by molar-refractivity contribution is 5.63. The molecule has 0 radical (unpaired) electrons. The normalized spacial score (nSPS) is 11.2. The number of hydrogen-bond acceptors (Lipinski definition) is 2. The van der Waals surface area contributed by atoms with Crippen LogP contribution in [0.15, 0.2) is 133 Å². The van der Waals surface area contributed by atoms with Crippen LogP contribution in [0.2, 0.25) is 0 Å². The monoisotopic (exact) mass is 418 g/mol. The molecule has 4 rings (SSSR count). The number of nitrogens with zero attached hydrogens (tertiary/aromatic N) is 2. The van der Waals surface area contributed by atoms with E-state index in [0.29, 0.717) is 0 Å². The predicted octanol–water partition coefficient (Wildman–Crippen LogP) is 7.08. The minimum atomic E-state index is 0.832. The van der Waals surface area contributed by atoms with Gasteiger partial charge in [0.05, 0.1) is 0 Å². The van der Waals surface area contributed by atoms with Gasteiger partial charge in [-0.05, 0) is 35.4 Å². The zero-order chi connectivity index (χ0) is 21.8. The van der Waals surface area contributed by atoms with Gasteiger partial charge < -0.3 is 4.90 Å². The highest BCUT2D eigenvalue weighted by atomic mass is 15.1. The SMILES string of the molecule is C(=CCN(c1ccccc1)c1ccccc1)CN(Cc1ccccc1)Cc1ccccc1. The van der Waals surface area contributed by atoms with Crippen molar-refractivity contribution in [2.24, 2.45) is 0 Å². The lowest BCUT2D eigenvalue weighted by Crippen LogP contribution is -2.23. The Balaban J connectivity index is 1.45. The predicted molar refractivity (Wildman–Crippen MR) is 136 cm³/mol. The first-order valence-corrected chi connectivity index (χ1v) is 11.2. The molecular weight excluding hydrogens is 388 g/mol. The maximum Gasteiger partial charge on any atom is 0.0413 e. The first-order valence-electron chi connectivity index (χ1n) is 11.2. The van der Waals surface area contributed by atoms with Crippen molar-refractivity contribution >= 4 is 11.4 Å². The molecule has 0 unspecified atom stereocenters. The van der Waals surface area contributed by atoms with Gasteiger partial charge in [-0.25, -0.2) is 0 Å².